The molecule has 0 spiro atoms. The minimum Gasteiger partial charge on any atom is -0.401 e. The number of nitrogens with zero attached hydrogens (tertiary/aromatic N) is 2. The quantitative estimate of drug-likeness (QED) is 0.546. The summed E-state index contributed by atoms with van der Waals surface area (Å²) >= 11 is 11.6. The number of benzene rings is 1. The number of nitrogens with two attached hydrogens (primary N) is 1. The van der Waals surface area contributed by atoms with Gasteiger partial charge < -0.3 is 20.4 Å². The highest BCUT2D eigenvalue weighted by molar-refractivity contribution is 6.18. The smallest absolute Gasteiger partial charge is 0.344 e. The molecule has 24 heavy (non-hydrogen) atoms. The number of nitrogens with one attached hydrogen (secondary N) is 1. The Balaban J connectivity index is 2.10. The van der Waals surface area contributed by atoms with Crippen LogP contribution in [0.2, 0.25) is 0 Å². The second-order valence-corrected chi connectivity index (χ2v) is 5.50. The highest BCUT2D eigenvalue weighted by atomic mass is 35.5. The van der Waals surface area contributed by atoms with Crippen LogP contribution >= 0.6 is 23.2 Å². The maximum Gasteiger partial charge on any atom is 0.344 e. The van der Waals surface area contributed by atoms with E-state index in [0.717, 1.165) is 5.69 Å². The van der Waals surface area contributed by atoms with Crippen molar-refractivity contribution in [1.82, 2.24) is 9.97 Å². The summed E-state index contributed by atoms with van der Waals surface area (Å²) in [6.45, 7) is 1.29. The molecule has 1 heterocycles. The predicted molar refractivity (Wildman–Crippen MR) is 92.2 cm³/mol. The van der Waals surface area contributed by atoms with Crippen molar-refractivity contribution in [1.29, 1.82) is 0 Å². The molecule has 2 aromatic rings. The van der Waals surface area contributed by atoms with Gasteiger partial charge in [0.1, 0.15) is 0 Å². The molecule has 7 nitrogen and oxygen atoms in total. The Hall–Kier alpha value is -2.25. The van der Waals surface area contributed by atoms with Crippen LogP contribution in [0.3, 0.4) is 0 Å². The van der Waals surface area contributed by atoms with Gasteiger partial charge in [0.05, 0.1) is 11.9 Å². The number of carbonyl (C=O) groups is 2. The summed E-state index contributed by atoms with van der Waals surface area (Å²) in [5, 5.41) is 0. The lowest BCUT2D eigenvalue weighted by atomic mass is 10.2. The molecule has 3 N–H and O–H groups in total. The number of primary amides is 1. The van der Waals surface area contributed by atoms with Gasteiger partial charge in [-0.25, -0.2) is 9.78 Å². The van der Waals surface area contributed by atoms with Crippen LogP contribution in [0.1, 0.15) is 20.8 Å². The van der Waals surface area contributed by atoms with Crippen LogP contribution in [0.5, 0.6) is 5.88 Å². The Bertz CT molecular complexity index is 697. The summed E-state index contributed by atoms with van der Waals surface area (Å²) in [6.07, 6.45) is 1.22. The molecule has 0 aliphatic carbocycles. The average molecular weight is 371 g/mol. The highest BCUT2D eigenvalue weighted by Gasteiger charge is 2.17. The molecular weight excluding hydrogens is 355 g/mol. The van der Waals surface area contributed by atoms with Crippen LogP contribution in [-0.4, -0.2) is 46.7 Å². The molecule has 0 aliphatic rings. The van der Waals surface area contributed by atoms with E-state index < -0.39 is 11.9 Å². The molecule has 1 amide bonds. The number of alkyl halides is 2. The van der Waals surface area contributed by atoms with E-state index in [1.807, 2.05) is 4.90 Å². The number of aromatic nitrogens is 2. The molecule has 2 rings (SSSR count). The van der Waals surface area contributed by atoms with E-state index in [-0.39, 0.29) is 11.6 Å². The monoisotopic (exact) mass is 370 g/mol. The zero-order valence-corrected chi connectivity index (χ0v) is 14.2. The normalized spacial score (nSPS) is 10.4. The van der Waals surface area contributed by atoms with Crippen molar-refractivity contribution in [2.45, 2.75) is 0 Å². The number of halogens is 2. The number of hydrogen-bond donors (Lipinski definition) is 2. The van der Waals surface area contributed by atoms with E-state index in [1.54, 1.807) is 24.3 Å². The Morgan fingerprint density at radius 1 is 1.17 bits per heavy atom. The van der Waals surface area contributed by atoms with Crippen LogP contribution < -0.4 is 15.4 Å². The maximum absolute atomic E-state index is 12.1. The Kier molecular flexibility index (Phi) is 6.45. The van der Waals surface area contributed by atoms with E-state index in [2.05, 4.69) is 9.97 Å². The van der Waals surface area contributed by atoms with Crippen molar-refractivity contribution in [2.24, 2.45) is 5.73 Å². The lowest BCUT2D eigenvalue weighted by Gasteiger charge is -2.22. The first-order chi connectivity index (χ1) is 11.6. The third kappa shape index (κ3) is 4.39. The summed E-state index contributed by atoms with van der Waals surface area (Å²) in [6, 6.07) is 6.78. The minimum atomic E-state index is -0.761. The highest BCUT2D eigenvalue weighted by Crippen LogP contribution is 2.18. The summed E-state index contributed by atoms with van der Waals surface area (Å²) in [4.78, 5) is 31.6. The predicted octanol–water partition coefficient (Wildman–Crippen LogP) is 2.01. The van der Waals surface area contributed by atoms with Gasteiger partial charge in [0.25, 0.3) is 11.8 Å². The molecule has 1 aromatic carbocycles. The molecule has 0 bridgehead atoms. The summed E-state index contributed by atoms with van der Waals surface area (Å²) in [7, 11) is 0. The van der Waals surface area contributed by atoms with Crippen LogP contribution in [0.4, 0.5) is 5.69 Å². The third-order valence-electron chi connectivity index (χ3n) is 3.22. The van der Waals surface area contributed by atoms with Crippen LogP contribution in [0.15, 0.2) is 30.6 Å². The molecule has 0 radical (unpaired) electrons. The standard InChI is InChI=1S/C15H16Cl2N4O3/c16-5-7-21(8-6-17)11-3-1-10(2-4-11)15(23)24-14-12(13(18)22)19-9-20-14/h1-4,9H,5-8H2,(H2,18,22)(H,19,20). The van der Waals surface area contributed by atoms with Crippen molar-refractivity contribution in [2.75, 3.05) is 29.7 Å². The SMILES string of the molecule is NC(=O)c1[nH]cnc1OC(=O)c1ccc(N(CCCl)CCCl)cc1. The molecule has 1 aromatic heterocycles. The van der Waals surface area contributed by atoms with Crippen molar-refractivity contribution in [3.05, 3.63) is 41.9 Å². The van der Waals surface area contributed by atoms with Crippen molar-refractivity contribution in [3.63, 3.8) is 0 Å². The minimum absolute atomic E-state index is 0.0598. The fourth-order valence-corrected chi connectivity index (χ4v) is 2.47. The first kappa shape index (κ1) is 18.1. The molecule has 0 fully saturated rings. The number of rotatable bonds is 8. The number of imidazole rings is 1. The fourth-order valence-electron chi connectivity index (χ4n) is 2.06. The molecule has 0 unspecified atom stereocenters. The summed E-state index contributed by atoms with van der Waals surface area (Å²) < 4.78 is 5.09. The zero-order valence-electron chi connectivity index (χ0n) is 12.7. The maximum atomic E-state index is 12.1. The number of ether oxygens (including phenoxy) is 1. The second-order valence-electron chi connectivity index (χ2n) is 4.75. The topological polar surface area (TPSA) is 101 Å². The van der Waals surface area contributed by atoms with E-state index in [1.165, 1.54) is 6.33 Å². The van der Waals surface area contributed by atoms with Crippen molar-refractivity contribution < 1.29 is 14.3 Å². The van der Waals surface area contributed by atoms with Gasteiger partial charge in [0.15, 0.2) is 5.69 Å². The second kappa shape index (κ2) is 8.56. The number of anilines is 1. The van der Waals surface area contributed by atoms with Gasteiger partial charge in [-0.2, -0.15) is 0 Å². The molecule has 0 saturated heterocycles. The molecule has 0 aliphatic heterocycles. The average Bonchev–Trinajstić information content (AvgIpc) is 3.03. The number of carbonyl (C=O) groups excluding carboxylic acids is 2. The van der Waals surface area contributed by atoms with Gasteiger partial charge >= 0.3 is 5.97 Å². The number of H-pyrrole nitrogens is 1. The van der Waals surface area contributed by atoms with Gasteiger partial charge in [-0.1, -0.05) is 0 Å². The number of esters is 1. The first-order valence-electron chi connectivity index (χ1n) is 7.09. The van der Waals surface area contributed by atoms with Crippen LogP contribution in [0.25, 0.3) is 0 Å². The Morgan fingerprint density at radius 2 is 1.79 bits per heavy atom. The Morgan fingerprint density at radius 3 is 2.33 bits per heavy atom. The van der Waals surface area contributed by atoms with Gasteiger partial charge in [-0.3, -0.25) is 4.79 Å². The van der Waals surface area contributed by atoms with Crippen molar-refractivity contribution >= 4 is 40.8 Å². The van der Waals surface area contributed by atoms with Gasteiger partial charge in [-0.05, 0) is 24.3 Å². The lowest BCUT2D eigenvalue weighted by Crippen LogP contribution is -2.27. The largest absolute Gasteiger partial charge is 0.401 e. The first-order valence-corrected chi connectivity index (χ1v) is 8.16. The lowest BCUT2D eigenvalue weighted by molar-refractivity contribution is 0.0726. The summed E-state index contributed by atoms with van der Waals surface area (Å²) in [5.41, 5.74) is 6.30. The molecule has 0 saturated carbocycles. The van der Waals surface area contributed by atoms with E-state index in [9.17, 15) is 9.59 Å². The molecular formula is C15H16Cl2N4O3. The van der Waals surface area contributed by atoms with E-state index >= 15 is 0 Å². The number of aromatic amines is 1. The van der Waals surface area contributed by atoms with Gasteiger partial charge in [0, 0.05) is 30.5 Å². The van der Waals surface area contributed by atoms with E-state index in [0.29, 0.717) is 30.4 Å². The Labute approximate surface area is 148 Å². The fraction of sp³-hybridized carbons (Fsp3) is 0.267. The number of amides is 1. The third-order valence-corrected chi connectivity index (χ3v) is 3.56. The molecule has 0 atom stereocenters. The number of hydrogen-bond acceptors (Lipinski definition) is 5. The van der Waals surface area contributed by atoms with Gasteiger partial charge in [0.2, 0.25) is 0 Å². The summed E-state index contributed by atoms with van der Waals surface area (Å²) in [5.74, 6) is -0.617. The molecule has 128 valence electrons. The van der Waals surface area contributed by atoms with E-state index in [4.69, 9.17) is 33.7 Å². The molecule has 9 heteroatoms. The van der Waals surface area contributed by atoms with Crippen LogP contribution in [0, 0.1) is 0 Å². The zero-order chi connectivity index (χ0) is 17.5. The van der Waals surface area contributed by atoms with Gasteiger partial charge in [-0.15, -0.1) is 23.2 Å². The van der Waals surface area contributed by atoms with Crippen molar-refractivity contribution in [3.8, 4) is 5.88 Å². The van der Waals surface area contributed by atoms with Crippen LogP contribution in [-0.2, 0) is 0 Å².